The Labute approximate surface area is 106 Å². The molecule has 0 saturated heterocycles. The minimum atomic E-state index is -4.96. The molecule has 1 heterocycles. The van der Waals surface area contributed by atoms with E-state index in [1.54, 1.807) is 22.6 Å². The van der Waals surface area contributed by atoms with E-state index in [0.717, 1.165) is 6.07 Å². The highest BCUT2D eigenvalue weighted by atomic mass is 127. The van der Waals surface area contributed by atoms with Crippen molar-refractivity contribution in [2.24, 2.45) is 5.73 Å². The molecule has 1 aromatic heterocycles. The van der Waals surface area contributed by atoms with Crippen LogP contribution in [0, 0.1) is 13.7 Å². The molecule has 0 radical (unpaired) electrons. The zero-order chi connectivity index (χ0) is 13.2. The first-order valence-electron chi connectivity index (χ1n) is 4.04. The molecule has 0 saturated carbocycles. The summed E-state index contributed by atoms with van der Waals surface area (Å²) in [4.78, 5) is 12.8. The maximum atomic E-state index is 11.9. The Morgan fingerprint density at radius 1 is 1.59 bits per heavy atom. The predicted octanol–water partition coefficient (Wildman–Crippen LogP) is 1.95. The standard InChI is InChI=1S/C7H5F3IN3O3/c8-7(9,10)17-4-1-3(2-12)5(11)6(13-4)14(15)16/h1H,2,12H2. The number of nitrogens with two attached hydrogens (primary N) is 1. The van der Waals surface area contributed by atoms with Crippen LogP contribution < -0.4 is 10.5 Å². The van der Waals surface area contributed by atoms with Gasteiger partial charge < -0.3 is 20.6 Å². The van der Waals surface area contributed by atoms with E-state index in [0.29, 0.717) is 0 Å². The van der Waals surface area contributed by atoms with Gasteiger partial charge in [0.2, 0.25) is 0 Å². The Hall–Kier alpha value is -1.17. The van der Waals surface area contributed by atoms with Crippen molar-refractivity contribution >= 4 is 28.4 Å². The zero-order valence-electron chi connectivity index (χ0n) is 7.99. The summed E-state index contributed by atoms with van der Waals surface area (Å²) in [5.74, 6) is -1.61. The van der Waals surface area contributed by atoms with Gasteiger partial charge in [0.05, 0.1) is 0 Å². The molecule has 0 aliphatic carbocycles. The second-order valence-corrected chi connectivity index (χ2v) is 3.84. The summed E-state index contributed by atoms with van der Waals surface area (Å²) in [5.41, 5.74) is 5.42. The first kappa shape index (κ1) is 13.9. The molecule has 0 aliphatic heterocycles. The van der Waals surface area contributed by atoms with Crippen LogP contribution in [0.15, 0.2) is 6.07 Å². The number of pyridine rings is 1. The maximum Gasteiger partial charge on any atom is 0.575 e. The van der Waals surface area contributed by atoms with Crippen molar-refractivity contribution in [3.05, 3.63) is 25.3 Å². The normalized spacial score (nSPS) is 11.4. The van der Waals surface area contributed by atoms with Crippen LogP contribution in [0.3, 0.4) is 0 Å². The van der Waals surface area contributed by atoms with E-state index in [1.165, 1.54) is 0 Å². The SMILES string of the molecule is NCc1cc(OC(F)(F)F)nc([N+](=O)[O-])c1I. The number of hydrogen-bond donors (Lipinski definition) is 1. The van der Waals surface area contributed by atoms with Crippen LogP contribution in [-0.4, -0.2) is 16.3 Å². The molecule has 0 spiro atoms. The first-order chi connectivity index (χ1) is 7.74. The number of nitrogens with zero attached hydrogens (tertiary/aromatic N) is 2. The fourth-order valence-corrected chi connectivity index (χ4v) is 1.68. The van der Waals surface area contributed by atoms with E-state index in [2.05, 4.69) is 9.72 Å². The number of alkyl halides is 3. The molecule has 1 aromatic rings. The average molecular weight is 363 g/mol. The highest BCUT2D eigenvalue weighted by molar-refractivity contribution is 14.1. The van der Waals surface area contributed by atoms with Crippen molar-refractivity contribution in [3.8, 4) is 5.88 Å². The minimum Gasteiger partial charge on any atom is -0.366 e. The minimum absolute atomic E-state index is 0.0876. The highest BCUT2D eigenvalue weighted by Crippen LogP contribution is 2.29. The molecule has 94 valence electrons. The molecular weight excluding hydrogens is 358 g/mol. The summed E-state index contributed by atoms with van der Waals surface area (Å²) in [7, 11) is 0. The number of rotatable bonds is 3. The van der Waals surface area contributed by atoms with Crippen LogP contribution in [0.2, 0.25) is 0 Å². The molecule has 0 bridgehead atoms. The fourth-order valence-electron chi connectivity index (χ4n) is 0.982. The number of nitro groups is 1. The monoisotopic (exact) mass is 363 g/mol. The summed E-state index contributed by atoms with van der Waals surface area (Å²) in [6.07, 6.45) is -4.96. The van der Waals surface area contributed by atoms with Gasteiger partial charge in [0.1, 0.15) is 3.57 Å². The van der Waals surface area contributed by atoms with Gasteiger partial charge in [0.25, 0.3) is 0 Å². The lowest BCUT2D eigenvalue weighted by Crippen LogP contribution is -2.19. The van der Waals surface area contributed by atoms with E-state index in [9.17, 15) is 23.3 Å². The number of aromatic nitrogens is 1. The van der Waals surface area contributed by atoms with E-state index in [-0.39, 0.29) is 15.7 Å². The quantitative estimate of drug-likeness (QED) is 0.504. The molecule has 1 rings (SSSR count). The van der Waals surface area contributed by atoms with Crippen molar-refractivity contribution in [1.29, 1.82) is 0 Å². The second kappa shape index (κ2) is 5.00. The Kier molecular flexibility index (Phi) is 4.08. The lowest BCUT2D eigenvalue weighted by molar-refractivity contribution is -0.391. The number of ether oxygens (including phenoxy) is 1. The van der Waals surface area contributed by atoms with Gasteiger partial charge in [0.15, 0.2) is 0 Å². The molecule has 10 heteroatoms. The molecule has 0 aliphatic rings. The number of halogens is 4. The topological polar surface area (TPSA) is 91.3 Å². The van der Waals surface area contributed by atoms with Gasteiger partial charge in [-0.25, -0.2) is 0 Å². The average Bonchev–Trinajstić information content (AvgIpc) is 2.17. The molecular formula is C7H5F3IN3O3. The first-order valence-corrected chi connectivity index (χ1v) is 5.12. The summed E-state index contributed by atoms with van der Waals surface area (Å²) in [5, 5.41) is 10.6. The summed E-state index contributed by atoms with van der Waals surface area (Å²) in [6.45, 7) is -0.157. The molecule has 0 unspecified atom stereocenters. The molecule has 0 fully saturated rings. The fraction of sp³-hybridized carbons (Fsp3) is 0.286. The molecule has 2 N–H and O–H groups in total. The Morgan fingerprint density at radius 2 is 2.18 bits per heavy atom. The van der Waals surface area contributed by atoms with Gasteiger partial charge in [0, 0.05) is 17.6 Å². The molecule has 6 nitrogen and oxygen atoms in total. The van der Waals surface area contributed by atoms with Crippen LogP contribution in [0.25, 0.3) is 0 Å². The van der Waals surface area contributed by atoms with E-state index >= 15 is 0 Å². The zero-order valence-corrected chi connectivity index (χ0v) is 10.2. The Morgan fingerprint density at radius 3 is 2.59 bits per heavy atom. The van der Waals surface area contributed by atoms with Crippen LogP contribution in [0.5, 0.6) is 5.88 Å². The van der Waals surface area contributed by atoms with Crippen molar-refractivity contribution in [2.45, 2.75) is 12.9 Å². The molecule has 17 heavy (non-hydrogen) atoms. The third kappa shape index (κ3) is 3.66. The Bertz CT molecular complexity index is 452. The Balaban J connectivity index is 3.25. The molecule has 0 amide bonds. The predicted molar refractivity (Wildman–Crippen MR) is 58.2 cm³/mol. The van der Waals surface area contributed by atoms with Crippen molar-refractivity contribution in [2.75, 3.05) is 0 Å². The summed E-state index contributed by atoms with van der Waals surface area (Å²) in [6, 6.07) is 0.919. The molecule has 0 atom stereocenters. The number of hydrogen-bond acceptors (Lipinski definition) is 5. The maximum absolute atomic E-state index is 11.9. The third-order valence-corrected chi connectivity index (χ3v) is 2.78. The van der Waals surface area contributed by atoms with Gasteiger partial charge in [-0.3, -0.25) is 0 Å². The lowest BCUT2D eigenvalue weighted by atomic mass is 10.2. The van der Waals surface area contributed by atoms with Crippen LogP contribution in [-0.2, 0) is 6.54 Å². The van der Waals surface area contributed by atoms with Crippen molar-refractivity contribution < 1.29 is 22.8 Å². The van der Waals surface area contributed by atoms with E-state index in [1.807, 2.05) is 0 Å². The van der Waals surface area contributed by atoms with Gasteiger partial charge in [-0.1, -0.05) is 0 Å². The summed E-state index contributed by atoms with van der Waals surface area (Å²) < 4.78 is 39.4. The van der Waals surface area contributed by atoms with Gasteiger partial charge >= 0.3 is 18.1 Å². The van der Waals surface area contributed by atoms with Gasteiger partial charge in [-0.15, -0.1) is 13.2 Å². The highest BCUT2D eigenvalue weighted by Gasteiger charge is 2.35. The van der Waals surface area contributed by atoms with Crippen molar-refractivity contribution in [1.82, 2.24) is 4.98 Å². The largest absolute Gasteiger partial charge is 0.575 e. The third-order valence-electron chi connectivity index (χ3n) is 1.61. The van der Waals surface area contributed by atoms with Gasteiger partial charge in [-0.05, 0) is 33.1 Å². The van der Waals surface area contributed by atoms with Crippen LogP contribution in [0.4, 0.5) is 19.0 Å². The second-order valence-electron chi connectivity index (χ2n) is 2.77. The lowest BCUT2D eigenvalue weighted by Gasteiger charge is -2.07. The van der Waals surface area contributed by atoms with Crippen molar-refractivity contribution in [3.63, 3.8) is 0 Å². The van der Waals surface area contributed by atoms with E-state index in [4.69, 9.17) is 5.73 Å². The summed E-state index contributed by atoms with van der Waals surface area (Å²) >= 11 is 1.59. The van der Waals surface area contributed by atoms with Crippen LogP contribution >= 0.6 is 22.6 Å². The molecule has 0 aromatic carbocycles. The van der Waals surface area contributed by atoms with E-state index < -0.39 is 23.0 Å². The van der Waals surface area contributed by atoms with Gasteiger partial charge in [-0.2, -0.15) is 0 Å². The van der Waals surface area contributed by atoms with Crippen LogP contribution in [0.1, 0.15) is 5.56 Å². The smallest absolute Gasteiger partial charge is 0.366 e.